The van der Waals surface area contributed by atoms with E-state index in [4.69, 9.17) is 0 Å². The summed E-state index contributed by atoms with van der Waals surface area (Å²) < 4.78 is 5.03. The van der Waals surface area contributed by atoms with E-state index in [0.717, 1.165) is 17.8 Å². The van der Waals surface area contributed by atoms with Crippen molar-refractivity contribution in [1.82, 2.24) is 0 Å². The Hall–Kier alpha value is 0.799. The standard InChI is InChI=1S/3C6H13.Sn/c3*1-4-5-6(2)3;/h3*6H,1,4-5H2,2-3H3;. The van der Waals surface area contributed by atoms with E-state index in [1.165, 1.54) is 38.5 Å². The first-order valence-electron chi connectivity index (χ1n) is 8.75. The first-order valence-corrected chi connectivity index (χ1v) is 14.8. The second-order valence-electron chi connectivity index (χ2n) is 7.61. The normalized spacial score (nSPS) is 12.3. The van der Waals surface area contributed by atoms with Crippen LogP contribution in [0.1, 0.15) is 80.1 Å². The predicted octanol–water partition coefficient (Wildman–Crippen LogP) is 6.79. The van der Waals surface area contributed by atoms with E-state index in [0.29, 0.717) is 0 Å². The molecule has 0 spiro atoms. The van der Waals surface area contributed by atoms with E-state index in [1.54, 1.807) is 13.3 Å². The Morgan fingerprint density at radius 3 is 1.00 bits per heavy atom. The molecule has 0 bridgehead atoms. The van der Waals surface area contributed by atoms with Crippen molar-refractivity contribution in [1.29, 1.82) is 0 Å². The third-order valence-corrected chi connectivity index (χ3v) is 13.0. The Morgan fingerprint density at radius 2 is 0.789 bits per heavy atom. The molecular weight excluding hydrogens is 335 g/mol. The predicted molar refractivity (Wildman–Crippen MR) is 92.4 cm³/mol. The zero-order valence-corrected chi connectivity index (χ0v) is 17.5. The summed E-state index contributed by atoms with van der Waals surface area (Å²) in [5, 5.41) is 0. The topological polar surface area (TPSA) is 0 Å². The maximum atomic E-state index is 2.38. The van der Waals surface area contributed by atoms with Crippen molar-refractivity contribution in [3.05, 3.63) is 0 Å². The fourth-order valence-electron chi connectivity index (χ4n) is 2.66. The van der Waals surface area contributed by atoms with Crippen LogP contribution >= 0.6 is 0 Å². The van der Waals surface area contributed by atoms with Gasteiger partial charge in [-0.05, 0) is 0 Å². The van der Waals surface area contributed by atoms with E-state index < -0.39 is 19.8 Å². The molecule has 0 heterocycles. The van der Waals surface area contributed by atoms with Gasteiger partial charge in [-0.15, -0.1) is 0 Å². The molecule has 0 unspecified atom stereocenters. The first kappa shape index (κ1) is 19.8. The van der Waals surface area contributed by atoms with Crippen LogP contribution in [0, 0.1) is 17.8 Å². The fraction of sp³-hybridized carbons (Fsp3) is 1.00. The maximum absolute atomic E-state index is 2.38. The average molecular weight is 374 g/mol. The fourth-order valence-corrected chi connectivity index (χ4v) is 10.8. The zero-order chi connectivity index (χ0) is 14.7. The molecule has 0 fully saturated rings. The van der Waals surface area contributed by atoms with E-state index in [2.05, 4.69) is 41.5 Å². The molecule has 1 radical (unpaired) electrons. The van der Waals surface area contributed by atoms with Gasteiger partial charge in [-0.2, -0.15) is 0 Å². The molecule has 19 heavy (non-hydrogen) atoms. The van der Waals surface area contributed by atoms with Crippen molar-refractivity contribution in [3.8, 4) is 0 Å². The van der Waals surface area contributed by atoms with Crippen LogP contribution in [0.3, 0.4) is 0 Å². The van der Waals surface area contributed by atoms with Gasteiger partial charge in [-0.3, -0.25) is 0 Å². The molecule has 0 aliphatic rings. The summed E-state index contributed by atoms with van der Waals surface area (Å²) in [6.07, 6.45) is 9.02. The van der Waals surface area contributed by atoms with Crippen molar-refractivity contribution in [2.45, 2.75) is 93.4 Å². The summed E-state index contributed by atoms with van der Waals surface area (Å²) in [6.45, 7) is 14.3. The SMILES string of the molecule is CC(C)CC[CH2][Sn]([CH2]CCC(C)C)[CH2]CCC(C)C. The van der Waals surface area contributed by atoms with Crippen LogP contribution in [-0.2, 0) is 0 Å². The third kappa shape index (κ3) is 15.0. The summed E-state index contributed by atoms with van der Waals surface area (Å²) in [5.74, 6) is 2.74. The number of hydrogen-bond acceptors (Lipinski definition) is 0. The summed E-state index contributed by atoms with van der Waals surface area (Å²) in [6, 6.07) is 0. The van der Waals surface area contributed by atoms with Crippen LogP contribution in [0.5, 0.6) is 0 Å². The Balaban J connectivity index is 3.85. The second kappa shape index (κ2) is 12.5. The van der Waals surface area contributed by atoms with Crippen molar-refractivity contribution in [3.63, 3.8) is 0 Å². The quantitative estimate of drug-likeness (QED) is 0.330. The van der Waals surface area contributed by atoms with Crippen LogP contribution < -0.4 is 0 Å². The summed E-state index contributed by atoms with van der Waals surface area (Å²) in [7, 11) is 0. The summed E-state index contributed by atoms with van der Waals surface area (Å²) in [4.78, 5) is 0. The van der Waals surface area contributed by atoms with Gasteiger partial charge in [0.25, 0.3) is 0 Å². The molecule has 0 atom stereocenters. The van der Waals surface area contributed by atoms with Gasteiger partial charge < -0.3 is 0 Å². The Morgan fingerprint density at radius 1 is 0.526 bits per heavy atom. The molecule has 0 aliphatic carbocycles. The van der Waals surface area contributed by atoms with Gasteiger partial charge in [-0.1, -0.05) is 0 Å². The van der Waals surface area contributed by atoms with Crippen molar-refractivity contribution >= 4 is 19.8 Å². The van der Waals surface area contributed by atoms with Gasteiger partial charge in [0.05, 0.1) is 0 Å². The minimum atomic E-state index is -1.00. The van der Waals surface area contributed by atoms with Crippen LogP contribution in [0.2, 0.25) is 13.3 Å². The number of hydrogen-bond donors (Lipinski definition) is 0. The average Bonchev–Trinajstić information content (AvgIpc) is 2.26. The van der Waals surface area contributed by atoms with Gasteiger partial charge in [0.15, 0.2) is 0 Å². The van der Waals surface area contributed by atoms with Crippen LogP contribution in [0.25, 0.3) is 0 Å². The van der Waals surface area contributed by atoms with E-state index in [1.807, 2.05) is 0 Å². The molecular formula is C18H39Sn. The molecule has 0 saturated carbocycles. The summed E-state index contributed by atoms with van der Waals surface area (Å²) in [5.41, 5.74) is 0. The van der Waals surface area contributed by atoms with Gasteiger partial charge in [0.1, 0.15) is 0 Å². The molecule has 1 heteroatoms. The van der Waals surface area contributed by atoms with E-state index in [9.17, 15) is 0 Å². The summed E-state index contributed by atoms with van der Waals surface area (Å²) >= 11 is -1.00. The van der Waals surface area contributed by atoms with Crippen molar-refractivity contribution < 1.29 is 0 Å². The van der Waals surface area contributed by atoms with Crippen molar-refractivity contribution in [2.24, 2.45) is 17.8 Å². The zero-order valence-electron chi connectivity index (χ0n) is 14.6. The first-order chi connectivity index (χ1) is 8.91. The molecule has 0 nitrogen and oxygen atoms in total. The minimum absolute atomic E-state index is 0.913. The molecule has 0 aromatic rings. The molecule has 0 saturated heterocycles. The molecule has 0 amide bonds. The van der Waals surface area contributed by atoms with Crippen LogP contribution in [0.15, 0.2) is 0 Å². The third-order valence-electron chi connectivity index (χ3n) is 3.94. The molecule has 0 aliphatic heterocycles. The monoisotopic (exact) mass is 375 g/mol. The van der Waals surface area contributed by atoms with E-state index >= 15 is 0 Å². The van der Waals surface area contributed by atoms with Gasteiger partial charge in [0, 0.05) is 0 Å². The molecule has 0 N–H and O–H groups in total. The van der Waals surface area contributed by atoms with Gasteiger partial charge in [-0.25, -0.2) is 0 Å². The van der Waals surface area contributed by atoms with E-state index in [-0.39, 0.29) is 0 Å². The van der Waals surface area contributed by atoms with Gasteiger partial charge >= 0.3 is 131 Å². The van der Waals surface area contributed by atoms with Crippen LogP contribution in [-0.4, -0.2) is 19.8 Å². The van der Waals surface area contributed by atoms with Crippen LogP contribution in [0.4, 0.5) is 0 Å². The molecule has 0 rings (SSSR count). The molecule has 115 valence electrons. The second-order valence-corrected chi connectivity index (χ2v) is 16.2. The Labute approximate surface area is 130 Å². The molecule has 0 aromatic carbocycles. The number of rotatable bonds is 12. The van der Waals surface area contributed by atoms with Crippen molar-refractivity contribution in [2.75, 3.05) is 0 Å². The Kier molecular flexibility index (Phi) is 13.1. The molecule has 0 aromatic heterocycles. The van der Waals surface area contributed by atoms with Gasteiger partial charge in [0.2, 0.25) is 0 Å². The Bertz CT molecular complexity index is 151.